The SMILES string of the molecule is CN=C(NCCC(C)c1ccc(OC)cc1)NCC(=O)OC(C)(C)C. The summed E-state index contributed by atoms with van der Waals surface area (Å²) >= 11 is 0. The Balaban J connectivity index is 2.35. The molecule has 1 aromatic carbocycles. The third-order valence-electron chi connectivity index (χ3n) is 3.60. The molecule has 0 heterocycles. The maximum atomic E-state index is 11.7. The Morgan fingerprint density at radius 1 is 1.20 bits per heavy atom. The van der Waals surface area contributed by atoms with Crippen molar-refractivity contribution >= 4 is 11.9 Å². The summed E-state index contributed by atoms with van der Waals surface area (Å²) in [5.74, 6) is 1.55. The first kappa shape index (κ1) is 20.8. The highest BCUT2D eigenvalue weighted by molar-refractivity contribution is 5.84. The lowest BCUT2D eigenvalue weighted by Gasteiger charge is -2.20. The number of carbonyl (C=O) groups is 1. The van der Waals surface area contributed by atoms with Crippen LogP contribution in [0.5, 0.6) is 5.75 Å². The van der Waals surface area contributed by atoms with Crippen LogP contribution in [0.2, 0.25) is 0 Å². The lowest BCUT2D eigenvalue weighted by atomic mass is 9.98. The standard InChI is InChI=1S/C19H31N3O3/c1-14(15-7-9-16(24-6)10-8-15)11-12-21-18(20-5)22-13-17(23)25-19(2,3)4/h7-10,14H,11-13H2,1-6H3,(H2,20,21,22). The van der Waals surface area contributed by atoms with Crippen molar-refractivity contribution in [1.82, 2.24) is 10.6 Å². The third-order valence-corrected chi connectivity index (χ3v) is 3.60. The topological polar surface area (TPSA) is 72.0 Å². The van der Waals surface area contributed by atoms with Gasteiger partial charge in [-0.2, -0.15) is 0 Å². The molecule has 0 amide bonds. The summed E-state index contributed by atoms with van der Waals surface area (Å²) < 4.78 is 10.4. The van der Waals surface area contributed by atoms with E-state index in [4.69, 9.17) is 9.47 Å². The van der Waals surface area contributed by atoms with Gasteiger partial charge in [0.05, 0.1) is 7.11 Å². The average molecular weight is 349 g/mol. The van der Waals surface area contributed by atoms with Crippen molar-refractivity contribution in [1.29, 1.82) is 0 Å². The van der Waals surface area contributed by atoms with Crippen molar-refractivity contribution in [3.8, 4) is 5.75 Å². The predicted octanol–water partition coefficient (Wildman–Crippen LogP) is 2.70. The molecule has 25 heavy (non-hydrogen) atoms. The zero-order chi connectivity index (χ0) is 18.9. The molecule has 1 rings (SSSR count). The number of rotatable bonds is 7. The van der Waals surface area contributed by atoms with Gasteiger partial charge in [0.15, 0.2) is 5.96 Å². The van der Waals surface area contributed by atoms with E-state index in [0.29, 0.717) is 11.9 Å². The number of nitrogens with one attached hydrogen (secondary N) is 2. The monoisotopic (exact) mass is 349 g/mol. The van der Waals surface area contributed by atoms with Crippen LogP contribution in [-0.2, 0) is 9.53 Å². The minimum atomic E-state index is -0.483. The zero-order valence-corrected chi connectivity index (χ0v) is 16.2. The molecule has 6 heteroatoms. The van der Waals surface area contributed by atoms with Gasteiger partial charge in [0.25, 0.3) is 0 Å². The van der Waals surface area contributed by atoms with Crippen LogP contribution in [0.15, 0.2) is 29.3 Å². The van der Waals surface area contributed by atoms with Crippen LogP contribution >= 0.6 is 0 Å². The highest BCUT2D eigenvalue weighted by atomic mass is 16.6. The van der Waals surface area contributed by atoms with Crippen LogP contribution in [0.3, 0.4) is 0 Å². The van der Waals surface area contributed by atoms with Gasteiger partial charge in [0.2, 0.25) is 0 Å². The summed E-state index contributed by atoms with van der Waals surface area (Å²) in [5, 5.41) is 6.19. The molecule has 1 unspecified atom stereocenters. The second-order valence-electron chi connectivity index (χ2n) is 6.90. The van der Waals surface area contributed by atoms with E-state index in [0.717, 1.165) is 18.7 Å². The molecule has 6 nitrogen and oxygen atoms in total. The fourth-order valence-corrected chi connectivity index (χ4v) is 2.26. The zero-order valence-electron chi connectivity index (χ0n) is 16.2. The van der Waals surface area contributed by atoms with E-state index in [1.807, 2.05) is 32.9 Å². The number of benzene rings is 1. The van der Waals surface area contributed by atoms with Gasteiger partial charge in [-0.05, 0) is 50.8 Å². The summed E-state index contributed by atoms with van der Waals surface area (Å²) in [6, 6.07) is 8.11. The number of aliphatic imine (C=N–C) groups is 1. The Bertz CT molecular complexity index is 562. The minimum absolute atomic E-state index is 0.0883. The van der Waals surface area contributed by atoms with E-state index < -0.39 is 5.60 Å². The Labute approximate surface area is 151 Å². The normalized spacial score (nSPS) is 13.1. The third kappa shape index (κ3) is 8.42. The highest BCUT2D eigenvalue weighted by Crippen LogP contribution is 2.21. The van der Waals surface area contributed by atoms with Crippen molar-refractivity contribution in [3.63, 3.8) is 0 Å². The first-order valence-corrected chi connectivity index (χ1v) is 8.55. The molecule has 2 N–H and O–H groups in total. The molecule has 0 spiro atoms. The highest BCUT2D eigenvalue weighted by Gasteiger charge is 2.16. The summed E-state index contributed by atoms with van der Waals surface area (Å²) in [6.45, 7) is 8.56. The molecule has 0 aliphatic rings. The maximum absolute atomic E-state index is 11.7. The summed E-state index contributed by atoms with van der Waals surface area (Å²) in [4.78, 5) is 15.8. The molecular formula is C19H31N3O3. The second kappa shape index (κ2) is 9.91. The van der Waals surface area contributed by atoms with Gasteiger partial charge < -0.3 is 20.1 Å². The lowest BCUT2D eigenvalue weighted by Crippen LogP contribution is -2.42. The summed E-state index contributed by atoms with van der Waals surface area (Å²) in [5.41, 5.74) is 0.781. The van der Waals surface area contributed by atoms with Crippen molar-refractivity contribution in [3.05, 3.63) is 29.8 Å². The first-order valence-electron chi connectivity index (χ1n) is 8.55. The van der Waals surface area contributed by atoms with E-state index in [1.165, 1.54) is 5.56 Å². The van der Waals surface area contributed by atoms with Crippen LogP contribution < -0.4 is 15.4 Å². The van der Waals surface area contributed by atoms with Gasteiger partial charge >= 0.3 is 5.97 Å². The molecule has 1 atom stereocenters. The number of methoxy groups -OCH3 is 1. The van der Waals surface area contributed by atoms with Crippen molar-refractivity contribution in [2.45, 2.75) is 45.6 Å². The van der Waals surface area contributed by atoms with Gasteiger partial charge in [-0.25, -0.2) is 0 Å². The first-order chi connectivity index (χ1) is 11.7. The van der Waals surface area contributed by atoms with Crippen LogP contribution in [0.4, 0.5) is 0 Å². The summed E-state index contributed by atoms with van der Waals surface area (Å²) in [7, 11) is 3.34. The fourth-order valence-electron chi connectivity index (χ4n) is 2.26. The number of esters is 1. The summed E-state index contributed by atoms with van der Waals surface area (Å²) in [6.07, 6.45) is 0.944. The molecule has 1 aromatic rings. The van der Waals surface area contributed by atoms with Crippen LogP contribution in [0, 0.1) is 0 Å². The number of guanidine groups is 1. The number of hydrogen-bond acceptors (Lipinski definition) is 4. The van der Waals surface area contributed by atoms with Crippen LogP contribution in [-0.4, -0.2) is 44.8 Å². The van der Waals surface area contributed by atoms with Gasteiger partial charge in [-0.15, -0.1) is 0 Å². The van der Waals surface area contributed by atoms with E-state index >= 15 is 0 Å². The Morgan fingerprint density at radius 2 is 1.84 bits per heavy atom. The quantitative estimate of drug-likeness (QED) is 0.450. The molecule has 140 valence electrons. The van der Waals surface area contributed by atoms with Gasteiger partial charge in [-0.1, -0.05) is 19.1 Å². The number of hydrogen-bond donors (Lipinski definition) is 2. The largest absolute Gasteiger partial charge is 0.497 e. The van der Waals surface area contributed by atoms with Gasteiger partial charge in [-0.3, -0.25) is 9.79 Å². The molecule has 0 bridgehead atoms. The molecule has 0 saturated carbocycles. The molecule has 0 aromatic heterocycles. The van der Waals surface area contributed by atoms with Crippen molar-refractivity contribution in [2.75, 3.05) is 27.2 Å². The number of nitrogens with zero attached hydrogens (tertiary/aromatic N) is 1. The van der Waals surface area contributed by atoms with Crippen molar-refractivity contribution in [2.24, 2.45) is 4.99 Å². The van der Waals surface area contributed by atoms with Crippen LogP contribution in [0.1, 0.15) is 45.6 Å². The Hall–Kier alpha value is -2.24. The van der Waals surface area contributed by atoms with Gasteiger partial charge in [0, 0.05) is 13.6 Å². The lowest BCUT2D eigenvalue weighted by molar-refractivity contribution is -0.153. The van der Waals surface area contributed by atoms with E-state index in [2.05, 4.69) is 34.7 Å². The average Bonchev–Trinajstić information content (AvgIpc) is 2.56. The molecule has 0 saturated heterocycles. The molecular weight excluding hydrogens is 318 g/mol. The van der Waals surface area contributed by atoms with Gasteiger partial charge in [0.1, 0.15) is 17.9 Å². The molecule has 0 aliphatic heterocycles. The Kier molecular flexibility index (Phi) is 8.25. The van der Waals surface area contributed by atoms with Crippen molar-refractivity contribution < 1.29 is 14.3 Å². The smallest absolute Gasteiger partial charge is 0.325 e. The number of carbonyl (C=O) groups excluding carboxylic acids is 1. The van der Waals surface area contributed by atoms with Crippen LogP contribution in [0.25, 0.3) is 0 Å². The fraction of sp³-hybridized carbons (Fsp3) is 0.579. The number of ether oxygens (including phenoxy) is 2. The molecule has 0 radical (unpaired) electrons. The molecule has 0 aliphatic carbocycles. The minimum Gasteiger partial charge on any atom is -0.497 e. The second-order valence-corrected chi connectivity index (χ2v) is 6.90. The Morgan fingerprint density at radius 3 is 2.36 bits per heavy atom. The van der Waals surface area contributed by atoms with E-state index in [1.54, 1.807) is 14.2 Å². The molecule has 0 fully saturated rings. The van der Waals surface area contributed by atoms with E-state index in [-0.39, 0.29) is 12.5 Å². The predicted molar refractivity (Wildman–Crippen MR) is 101 cm³/mol. The van der Waals surface area contributed by atoms with E-state index in [9.17, 15) is 4.79 Å². The maximum Gasteiger partial charge on any atom is 0.325 e.